The number of para-hydroxylation sites is 2. The predicted molar refractivity (Wildman–Crippen MR) is 169 cm³/mol. The maximum absolute atomic E-state index is 12.2. The highest BCUT2D eigenvalue weighted by atomic mass is 16.5. The molecule has 4 aromatic rings. The Labute approximate surface area is 252 Å². The van der Waals surface area contributed by atoms with Crippen molar-refractivity contribution >= 4 is 24.2 Å². The number of benzene rings is 4. The zero-order valence-electron chi connectivity index (χ0n) is 24.0. The van der Waals surface area contributed by atoms with Crippen LogP contribution in [-0.4, -0.2) is 24.2 Å². The average Bonchev–Trinajstić information content (AvgIpc) is 3.04. The van der Waals surface area contributed by atoms with Crippen molar-refractivity contribution in [1.82, 2.24) is 10.9 Å². The summed E-state index contributed by atoms with van der Waals surface area (Å²) in [6.07, 6.45) is 5.85. The van der Waals surface area contributed by atoms with E-state index in [1.165, 1.54) is 0 Å². The van der Waals surface area contributed by atoms with E-state index in [1.54, 1.807) is 12.4 Å². The van der Waals surface area contributed by atoms with Crippen LogP contribution < -0.4 is 20.3 Å². The van der Waals surface area contributed by atoms with Crippen LogP contribution in [0.3, 0.4) is 0 Å². The lowest BCUT2D eigenvalue weighted by atomic mass is 10.1. The van der Waals surface area contributed by atoms with Crippen molar-refractivity contribution < 1.29 is 19.1 Å². The third kappa shape index (κ3) is 11.3. The van der Waals surface area contributed by atoms with Crippen LogP contribution in [0.5, 0.6) is 11.5 Å². The van der Waals surface area contributed by atoms with E-state index >= 15 is 0 Å². The molecule has 0 aliphatic rings. The first-order valence-corrected chi connectivity index (χ1v) is 14.3. The van der Waals surface area contributed by atoms with E-state index in [1.807, 2.05) is 109 Å². The summed E-state index contributed by atoms with van der Waals surface area (Å²) < 4.78 is 11.8. The van der Waals surface area contributed by atoms with E-state index in [2.05, 4.69) is 21.1 Å². The van der Waals surface area contributed by atoms with Crippen molar-refractivity contribution in [2.24, 2.45) is 10.2 Å². The van der Waals surface area contributed by atoms with Crippen molar-refractivity contribution in [3.63, 3.8) is 0 Å². The number of ether oxygens (including phenoxy) is 2. The monoisotopic (exact) mass is 576 g/mol. The summed E-state index contributed by atoms with van der Waals surface area (Å²) >= 11 is 0. The topological polar surface area (TPSA) is 101 Å². The molecule has 0 aliphatic carbocycles. The molecule has 0 aliphatic heterocycles. The summed E-state index contributed by atoms with van der Waals surface area (Å²) in [5.74, 6) is 1.02. The molecule has 4 aromatic carbocycles. The minimum Gasteiger partial charge on any atom is -0.488 e. The number of nitrogens with zero attached hydrogens (tertiary/aromatic N) is 2. The molecule has 0 unspecified atom stereocenters. The number of carbonyl (C=O) groups is 2. The summed E-state index contributed by atoms with van der Waals surface area (Å²) in [5.41, 5.74) is 8.81. The van der Waals surface area contributed by atoms with Crippen LogP contribution in [0.2, 0.25) is 0 Å². The zero-order chi connectivity index (χ0) is 30.0. The third-order valence-corrected chi connectivity index (χ3v) is 6.41. The van der Waals surface area contributed by atoms with Gasteiger partial charge in [-0.3, -0.25) is 9.59 Å². The summed E-state index contributed by atoms with van der Waals surface area (Å²) in [6, 6.07) is 34.9. The highest BCUT2D eigenvalue weighted by molar-refractivity contribution is 5.86. The Bertz CT molecular complexity index is 1380. The zero-order valence-corrected chi connectivity index (χ0v) is 24.0. The van der Waals surface area contributed by atoms with Gasteiger partial charge in [0, 0.05) is 24.0 Å². The van der Waals surface area contributed by atoms with E-state index in [0.717, 1.165) is 28.7 Å². The van der Waals surface area contributed by atoms with Gasteiger partial charge in [0.05, 0.1) is 12.4 Å². The van der Waals surface area contributed by atoms with Gasteiger partial charge in [-0.1, -0.05) is 91.3 Å². The van der Waals surface area contributed by atoms with Crippen LogP contribution in [0.4, 0.5) is 0 Å². The molecule has 0 heterocycles. The SMILES string of the molecule is O=C(CCCCCC(=O)NN=Cc1ccccc1OCc1ccccc1)NN=Cc1ccccc1OCc1ccccc1. The highest BCUT2D eigenvalue weighted by Gasteiger charge is 2.05. The predicted octanol–water partition coefficient (Wildman–Crippen LogP) is 6.40. The molecule has 4 rings (SSSR count). The summed E-state index contributed by atoms with van der Waals surface area (Å²) in [6.45, 7) is 0.890. The fourth-order valence-electron chi connectivity index (χ4n) is 4.12. The summed E-state index contributed by atoms with van der Waals surface area (Å²) in [5, 5.41) is 8.17. The normalized spacial score (nSPS) is 11.0. The fraction of sp³-hybridized carbons (Fsp3) is 0.200. The number of hydrogen-bond acceptors (Lipinski definition) is 6. The average molecular weight is 577 g/mol. The first-order valence-electron chi connectivity index (χ1n) is 14.3. The van der Waals surface area contributed by atoms with Gasteiger partial charge in [-0.2, -0.15) is 10.2 Å². The smallest absolute Gasteiger partial charge is 0.240 e. The second-order valence-corrected chi connectivity index (χ2v) is 9.77. The largest absolute Gasteiger partial charge is 0.488 e. The van der Waals surface area contributed by atoms with Gasteiger partial charge in [0.1, 0.15) is 24.7 Å². The van der Waals surface area contributed by atoms with Crippen LogP contribution in [0.15, 0.2) is 119 Å². The van der Waals surface area contributed by atoms with E-state index in [4.69, 9.17) is 9.47 Å². The Morgan fingerprint density at radius 1 is 0.535 bits per heavy atom. The molecule has 0 spiro atoms. The molecule has 2 amide bonds. The molecule has 0 fully saturated rings. The van der Waals surface area contributed by atoms with E-state index in [9.17, 15) is 9.59 Å². The Morgan fingerprint density at radius 3 is 1.37 bits per heavy atom. The van der Waals surface area contributed by atoms with Crippen molar-refractivity contribution in [2.45, 2.75) is 45.3 Å². The summed E-state index contributed by atoms with van der Waals surface area (Å²) in [4.78, 5) is 24.4. The Kier molecular flexibility index (Phi) is 12.5. The Hall–Kier alpha value is -5.24. The molecule has 220 valence electrons. The number of hydrazone groups is 2. The number of hydrogen-bond donors (Lipinski definition) is 2. The lowest BCUT2D eigenvalue weighted by Crippen LogP contribution is -2.18. The molecule has 0 atom stereocenters. The molecule has 0 bridgehead atoms. The molecule has 43 heavy (non-hydrogen) atoms. The first-order chi connectivity index (χ1) is 21.2. The number of amides is 2. The number of unbranched alkanes of at least 4 members (excludes halogenated alkanes) is 2. The number of carbonyl (C=O) groups excluding carboxylic acids is 2. The van der Waals surface area contributed by atoms with Crippen molar-refractivity contribution in [3.05, 3.63) is 131 Å². The molecule has 8 heteroatoms. The van der Waals surface area contributed by atoms with Gasteiger partial charge in [-0.05, 0) is 48.2 Å². The van der Waals surface area contributed by atoms with Crippen LogP contribution in [0.1, 0.15) is 54.4 Å². The van der Waals surface area contributed by atoms with E-state index in [0.29, 0.717) is 50.4 Å². The van der Waals surface area contributed by atoms with E-state index in [-0.39, 0.29) is 11.8 Å². The molecule has 0 aromatic heterocycles. The Balaban J connectivity index is 1.10. The van der Waals surface area contributed by atoms with Crippen molar-refractivity contribution in [1.29, 1.82) is 0 Å². The third-order valence-electron chi connectivity index (χ3n) is 6.41. The van der Waals surface area contributed by atoms with Gasteiger partial charge < -0.3 is 9.47 Å². The molecule has 0 saturated heterocycles. The van der Waals surface area contributed by atoms with Gasteiger partial charge in [-0.25, -0.2) is 10.9 Å². The minimum absolute atomic E-state index is 0.180. The van der Waals surface area contributed by atoms with Crippen LogP contribution in [-0.2, 0) is 22.8 Å². The van der Waals surface area contributed by atoms with Crippen LogP contribution in [0.25, 0.3) is 0 Å². The fourth-order valence-corrected chi connectivity index (χ4v) is 4.12. The van der Waals surface area contributed by atoms with Gasteiger partial charge in [-0.15, -0.1) is 0 Å². The molecule has 0 radical (unpaired) electrons. The minimum atomic E-state index is -0.180. The highest BCUT2D eigenvalue weighted by Crippen LogP contribution is 2.19. The lowest BCUT2D eigenvalue weighted by Gasteiger charge is -2.09. The maximum atomic E-state index is 12.2. The molecule has 8 nitrogen and oxygen atoms in total. The van der Waals surface area contributed by atoms with Crippen molar-refractivity contribution in [3.8, 4) is 11.5 Å². The van der Waals surface area contributed by atoms with Gasteiger partial charge in [0.15, 0.2) is 0 Å². The first kappa shape index (κ1) is 30.7. The summed E-state index contributed by atoms with van der Waals surface area (Å²) in [7, 11) is 0. The quantitative estimate of drug-likeness (QED) is 0.0916. The number of rotatable bonds is 16. The Morgan fingerprint density at radius 2 is 0.930 bits per heavy atom. The molecular weight excluding hydrogens is 540 g/mol. The molecule has 2 N–H and O–H groups in total. The van der Waals surface area contributed by atoms with Gasteiger partial charge in [0.2, 0.25) is 11.8 Å². The van der Waals surface area contributed by atoms with Gasteiger partial charge >= 0.3 is 0 Å². The second kappa shape index (κ2) is 17.5. The van der Waals surface area contributed by atoms with Crippen LogP contribution >= 0.6 is 0 Å². The standard InChI is InChI=1S/C35H36N4O4/c40-34(38-36-24-30-18-10-12-20-32(30)42-26-28-14-4-1-5-15-28)22-8-3-9-23-35(41)39-37-25-31-19-11-13-21-33(31)43-27-29-16-6-2-7-17-29/h1-2,4-7,10-21,24-25H,3,8-9,22-23,26-27H2,(H,38,40)(H,39,41). The molecule has 0 saturated carbocycles. The second-order valence-electron chi connectivity index (χ2n) is 9.77. The van der Waals surface area contributed by atoms with E-state index < -0.39 is 0 Å². The number of nitrogens with one attached hydrogen (secondary N) is 2. The lowest BCUT2D eigenvalue weighted by molar-refractivity contribution is -0.121. The van der Waals surface area contributed by atoms with Crippen LogP contribution in [0, 0.1) is 0 Å². The van der Waals surface area contributed by atoms with Gasteiger partial charge in [0.25, 0.3) is 0 Å². The van der Waals surface area contributed by atoms with Crippen molar-refractivity contribution in [2.75, 3.05) is 0 Å². The maximum Gasteiger partial charge on any atom is 0.240 e. The molecular formula is C35H36N4O4.